The molecule has 1 aromatic carbocycles. The van der Waals surface area contributed by atoms with Gasteiger partial charge in [-0.2, -0.15) is 4.98 Å². The average Bonchev–Trinajstić information content (AvgIpc) is 2.75. The van der Waals surface area contributed by atoms with E-state index in [0.717, 1.165) is 16.3 Å². The lowest BCUT2D eigenvalue weighted by atomic mass is 10.2. The molecule has 17 heavy (non-hydrogen) atoms. The van der Waals surface area contributed by atoms with Crippen molar-refractivity contribution in [3.63, 3.8) is 0 Å². The molecule has 0 fully saturated rings. The average molecular weight is 298 g/mol. The van der Waals surface area contributed by atoms with Gasteiger partial charge in [0.25, 0.3) is 0 Å². The number of carboxylic acid groups (broad SMARTS) is 1. The first-order valence-electron chi connectivity index (χ1n) is 4.71. The number of aromatic carboxylic acids is 1. The first-order valence-corrected chi connectivity index (χ1v) is 5.50. The number of carboxylic acids is 1. The maximum absolute atomic E-state index is 10.5. The Kier molecular flexibility index (Phi) is 3.43. The summed E-state index contributed by atoms with van der Waals surface area (Å²) in [5.74, 6) is -1.15. The van der Waals surface area contributed by atoms with E-state index in [1.54, 1.807) is 0 Å². The second-order valence-corrected chi connectivity index (χ2v) is 4.14. The molecule has 0 unspecified atom stereocenters. The first-order chi connectivity index (χ1) is 8.15. The third kappa shape index (κ3) is 3.07. The standard InChI is InChI=1S/C11H8BrNO4/c12-8-3-1-2-7(4-8)5-16-11-13-9(6-17-11)10(14)15/h1-4,6H,5H2,(H,14,15). The van der Waals surface area contributed by atoms with E-state index >= 15 is 0 Å². The molecule has 0 amide bonds. The molecule has 6 heteroatoms. The minimum atomic E-state index is -1.15. The Bertz CT molecular complexity index is 538. The number of rotatable bonds is 4. The number of oxazole rings is 1. The van der Waals surface area contributed by atoms with Gasteiger partial charge in [-0.05, 0) is 17.7 Å². The van der Waals surface area contributed by atoms with Crippen molar-refractivity contribution < 1.29 is 19.1 Å². The molecule has 1 aromatic heterocycles. The van der Waals surface area contributed by atoms with Gasteiger partial charge in [-0.1, -0.05) is 28.1 Å². The SMILES string of the molecule is O=C(O)c1coc(OCc2cccc(Br)c2)n1. The Labute approximate surface area is 105 Å². The van der Waals surface area contributed by atoms with Crippen molar-refractivity contribution in [2.75, 3.05) is 0 Å². The molecule has 2 rings (SSSR count). The number of carbonyl (C=O) groups is 1. The molecule has 5 nitrogen and oxygen atoms in total. The quantitative estimate of drug-likeness (QED) is 0.939. The predicted molar refractivity (Wildman–Crippen MR) is 61.9 cm³/mol. The molecule has 0 atom stereocenters. The van der Waals surface area contributed by atoms with E-state index in [2.05, 4.69) is 20.9 Å². The number of hydrogen-bond acceptors (Lipinski definition) is 4. The predicted octanol–water partition coefficient (Wildman–Crippen LogP) is 2.71. The van der Waals surface area contributed by atoms with Crippen LogP contribution in [0.15, 0.2) is 39.4 Å². The highest BCUT2D eigenvalue weighted by molar-refractivity contribution is 9.10. The topological polar surface area (TPSA) is 72.6 Å². The van der Waals surface area contributed by atoms with Crippen LogP contribution in [0.25, 0.3) is 0 Å². The lowest BCUT2D eigenvalue weighted by molar-refractivity contribution is 0.0690. The van der Waals surface area contributed by atoms with Gasteiger partial charge in [0.2, 0.25) is 0 Å². The van der Waals surface area contributed by atoms with E-state index < -0.39 is 5.97 Å². The highest BCUT2D eigenvalue weighted by atomic mass is 79.9. The number of nitrogens with zero attached hydrogens (tertiary/aromatic N) is 1. The summed E-state index contributed by atoms with van der Waals surface area (Å²) in [7, 11) is 0. The molecule has 0 aliphatic carbocycles. The van der Waals surface area contributed by atoms with E-state index in [9.17, 15) is 4.79 Å². The molecule has 2 aromatic rings. The maximum atomic E-state index is 10.5. The fourth-order valence-corrected chi connectivity index (χ4v) is 1.64. The second kappa shape index (κ2) is 5.01. The van der Waals surface area contributed by atoms with E-state index in [-0.39, 0.29) is 18.4 Å². The fraction of sp³-hybridized carbons (Fsp3) is 0.0909. The molecular weight excluding hydrogens is 290 g/mol. The smallest absolute Gasteiger partial charge is 0.394 e. The van der Waals surface area contributed by atoms with Crippen LogP contribution in [-0.4, -0.2) is 16.1 Å². The van der Waals surface area contributed by atoms with Gasteiger partial charge < -0.3 is 14.3 Å². The number of benzene rings is 1. The molecule has 0 radical (unpaired) electrons. The monoisotopic (exact) mass is 297 g/mol. The van der Waals surface area contributed by atoms with E-state index in [1.165, 1.54) is 0 Å². The van der Waals surface area contributed by atoms with Crippen LogP contribution in [0.2, 0.25) is 0 Å². The molecular formula is C11H8BrNO4. The minimum Gasteiger partial charge on any atom is -0.476 e. The molecule has 1 N–H and O–H groups in total. The summed E-state index contributed by atoms with van der Waals surface area (Å²) in [6, 6.07) is 7.55. The Morgan fingerprint density at radius 2 is 2.35 bits per heavy atom. The largest absolute Gasteiger partial charge is 0.476 e. The van der Waals surface area contributed by atoms with Gasteiger partial charge in [-0.15, -0.1) is 0 Å². The van der Waals surface area contributed by atoms with Crippen molar-refractivity contribution in [2.24, 2.45) is 0 Å². The van der Waals surface area contributed by atoms with Crippen LogP contribution in [-0.2, 0) is 6.61 Å². The zero-order valence-corrected chi connectivity index (χ0v) is 10.2. The van der Waals surface area contributed by atoms with Gasteiger partial charge in [0.15, 0.2) is 5.69 Å². The maximum Gasteiger partial charge on any atom is 0.394 e. The normalized spacial score (nSPS) is 10.2. The minimum absolute atomic E-state index is 0.0534. The van der Waals surface area contributed by atoms with Gasteiger partial charge in [-0.25, -0.2) is 4.79 Å². The third-order valence-corrected chi connectivity index (χ3v) is 2.45. The molecule has 0 aliphatic heterocycles. The summed E-state index contributed by atoms with van der Waals surface area (Å²) in [5, 5.41) is 8.64. The lowest BCUT2D eigenvalue weighted by Crippen LogP contribution is -1.98. The molecule has 1 heterocycles. The van der Waals surface area contributed by atoms with Crippen LogP contribution in [0, 0.1) is 0 Å². The van der Waals surface area contributed by atoms with Crippen molar-refractivity contribution >= 4 is 21.9 Å². The Hall–Kier alpha value is -1.82. The molecule has 0 saturated carbocycles. The van der Waals surface area contributed by atoms with Crippen molar-refractivity contribution in [1.29, 1.82) is 0 Å². The van der Waals surface area contributed by atoms with Gasteiger partial charge in [0, 0.05) is 4.47 Å². The van der Waals surface area contributed by atoms with Crippen LogP contribution < -0.4 is 4.74 Å². The Balaban J connectivity index is 2.00. The number of hydrogen-bond donors (Lipinski definition) is 1. The Morgan fingerprint density at radius 3 is 3.00 bits per heavy atom. The van der Waals surface area contributed by atoms with E-state index in [4.69, 9.17) is 14.3 Å². The lowest BCUT2D eigenvalue weighted by Gasteiger charge is -2.01. The molecule has 0 saturated heterocycles. The molecule has 0 spiro atoms. The third-order valence-electron chi connectivity index (χ3n) is 1.95. The molecule has 0 bridgehead atoms. The van der Waals surface area contributed by atoms with Crippen LogP contribution in [0.3, 0.4) is 0 Å². The first kappa shape index (κ1) is 11.7. The van der Waals surface area contributed by atoms with Crippen LogP contribution in [0.4, 0.5) is 0 Å². The van der Waals surface area contributed by atoms with Crippen molar-refractivity contribution in [3.05, 3.63) is 46.3 Å². The number of aromatic nitrogens is 1. The van der Waals surface area contributed by atoms with Crippen molar-refractivity contribution in [1.82, 2.24) is 4.98 Å². The van der Waals surface area contributed by atoms with Gasteiger partial charge >= 0.3 is 12.0 Å². The van der Waals surface area contributed by atoms with Gasteiger partial charge in [-0.3, -0.25) is 0 Å². The highest BCUT2D eigenvalue weighted by Gasteiger charge is 2.11. The second-order valence-electron chi connectivity index (χ2n) is 3.22. The molecule has 0 aliphatic rings. The summed E-state index contributed by atoms with van der Waals surface area (Å²) in [6.45, 7) is 0.263. The highest BCUT2D eigenvalue weighted by Crippen LogP contribution is 2.15. The van der Waals surface area contributed by atoms with Crippen LogP contribution >= 0.6 is 15.9 Å². The van der Waals surface area contributed by atoms with Crippen molar-refractivity contribution in [2.45, 2.75) is 6.61 Å². The summed E-state index contributed by atoms with van der Waals surface area (Å²) in [6.07, 6.45) is 0.987. The van der Waals surface area contributed by atoms with Gasteiger partial charge in [0.1, 0.15) is 12.9 Å². The molecule has 88 valence electrons. The summed E-state index contributed by atoms with van der Waals surface area (Å²) in [5.41, 5.74) is 0.753. The van der Waals surface area contributed by atoms with Crippen molar-refractivity contribution in [3.8, 4) is 6.08 Å². The van der Waals surface area contributed by atoms with Crippen LogP contribution in [0.5, 0.6) is 6.08 Å². The van der Waals surface area contributed by atoms with E-state index in [1.807, 2.05) is 24.3 Å². The summed E-state index contributed by atoms with van der Waals surface area (Å²) >= 11 is 3.34. The zero-order chi connectivity index (χ0) is 12.3. The number of halogens is 1. The van der Waals surface area contributed by atoms with E-state index in [0.29, 0.717) is 0 Å². The Morgan fingerprint density at radius 1 is 1.53 bits per heavy atom. The summed E-state index contributed by atoms with van der Waals surface area (Å²) in [4.78, 5) is 14.2. The number of ether oxygens (including phenoxy) is 1. The summed E-state index contributed by atoms with van der Waals surface area (Å²) < 4.78 is 11.0. The van der Waals surface area contributed by atoms with Crippen LogP contribution in [0.1, 0.15) is 16.1 Å². The van der Waals surface area contributed by atoms with Gasteiger partial charge in [0.05, 0.1) is 0 Å². The zero-order valence-electron chi connectivity index (χ0n) is 8.59. The fourth-order valence-electron chi connectivity index (χ4n) is 1.19.